The highest BCUT2D eigenvalue weighted by atomic mass is 35.5. The fourth-order valence-electron chi connectivity index (χ4n) is 4.00. The van der Waals surface area contributed by atoms with Gasteiger partial charge in [0.2, 0.25) is 11.8 Å². The lowest BCUT2D eigenvalue weighted by Gasteiger charge is -2.31. The largest absolute Gasteiger partial charge is 0.352 e. The maximum absolute atomic E-state index is 13.4. The molecular formula is C24H27Cl2FN2O2. The fraction of sp³-hybridized carbons (Fsp3) is 0.417. The van der Waals surface area contributed by atoms with Crippen LogP contribution in [0.25, 0.3) is 0 Å². The van der Waals surface area contributed by atoms with Crippen molar-refractivity contribution in [2.24, 2.45) is 0 Å². The Morgan fingerprint density at radius 2 is 1.81 bits per heavy atom. The van der Waals surface area contributed by atoms with Gasteiger partial charge in [0.05, 0.1) is 6.42 Å². The molecular weight excluding hydrogens is 438 g/mol. The van der Waals surface area contributed by atoms with Crippen LogP contribution in [0.4, 0.5) is 4.39 Å². The van der Waals surface area contributed by atoms with Crippen LogP contribution in [-0.2, 0) is 22.6 Å². The van der Waals surface area contributed by atoms with Crippen molar-refractivity contribution in [2.45, 2.75) is 64.1 Å². The number of amides is 2. The minimum Gasteiger partial charge on any atom is -0.352 e. The van der Waals surface area contributed by atoms with E-state index in [9.17, 15) is 14.0 Å². The second-order valence-electron chi connectivity index (χ2n) is 7.97. The highest BCUT2D eigenvalue weighted by Gasteiger charge is 2.30. The lowest BCUT2D eigenvalue weighted by Crippen LogP contribution is -2.51. The van der Waals surface area contributed by atoms with Crippen molar-refractivity contribution in [1.82, 2.24) is 10.2 Å². The van der Waals surface area contributed by atoms with Crippen molar-refractivity contribution in [3.8, 4) is 0 Å². The van der Waals surface area contributed by atoms with Gasteiger partial charge in [0.15, 0.2) is 0 Å². The molecule has 2 amide bonds. The molecule has 1 aliphatic carbocycles. The molecule has 0 heterocycles. The van der Waals surface area contributed by atoms with Gasteiger partial charge in [-0.15, -0.1) is 0 Å². The molecule has 0 spiro atoms. The van der Waals surface area contributed by atoms with E-state index in [1.54, 1.807) is 35.2 Å². The Balaban J connectivity index is 1.83. The van der Waals surface area contributed by atoms with Gasteiger partial charge >= 0.3 is 0 Å². The summed E-state index contributed by atoms with van der Waals surface area (Å²) in [6.45, 7) is 2.10. The molecule has 1 saturated carbocycles. The fourth-order valence-corrected chi connectivity index (χ4v) is 4.48. The Hall–Kier alpha value is -2.11. The zero-order valence-electron chi connectivity index (χ0n) is 17.5. The van der Waals surface area contributed by atoms with Gasteiger partial charge in [-0.1, -0.05) is 61.2 Å². The van der Waals surface area contributed by atoms with Gasteiger partial charge in [-0.05, 0) is 54.7 Å². The monoisotopic (exact) mass is 464 g/mol. The van der Waals surface area contributed by atoms with Gasteiger partial charge in [0.25, 0.3) is 0 Å². The van der Waals surface area contributed by atoms with E-state index in [0.29, 0.717) is 22.0 Å². The molecule has 7 heteroatoms. The Morgan fingerprint density at radius 3 is 2.42 bits per heavy atom. The topological polar surface area (TPSA) is 49.4 Å². The summed E-state index contributed by atoms with van der Waals surface area (Å²) in [5.74, 6) is -0.713. The molecule has 31 heavy (non-hydrogen) atoms. The smallest absolute Gasteiger partial charge is 0.243 e. The number of benzene rings is 2. The van der Waals surface area contributed by atoms with Crippen LogP contribution in [0, 0.1) is 5.82 Å². The second-order valence-corrected chi connectivity index (χ2v) is 8.82. The number of carbonyl (C=O) groups excluding carboxylic acids is 2. The first-order valence-electron chi connectivity index (χ1n) is 10.7. The summed E-state index contributed by atoms with van der Waals surface area (Å²) >= 11 is 12.2. The molecule has 1 atom stereocenters. The number of nitrogens with one attached hydrogen (secondary N) is 1. The summed E-state index contributed by atoms with van der Waals surface area (Å²) in [6.07, 6.45) is 4.66. The molecule has 1 fully saturated rings. The second kappa shape index (κ2) is 11.0. The molecule has 0 aliphatic heterocycles. The van der Waals surface area contributed by atoms with Crippen LogP contribution in [0.2, 0.25) is 10.0 Å². The molecule has 3 rings (SSSR count). The van der Waals surface area contributed by atoms with Crippen molar-refractivity contribution in [2.75, 3.05) is 0 Å². The number of hydrogen-bond acceptors (Lipinski definition) is 2. The third-order valence-corrected chi connectivity index (χ3v) is 6.30. The van der Waals surface area contributed by atoms with Crippen molar-refractivity contribution < 1.29 is 14.0 Å². The van der Waals surface area contributed by atoms with Crippen LogP contribution in [0.5, 0.6) is 0 Å². The highest BCUT2D eigenvalue weighted by molar-refractivity contribution is 6.35. The molecule has 0 saturated heterocycles. The molecule has 2 aromatic carbocycles. The minimum atomic E-state index is -0.621. The maximum atomic E-state index is 13.4. The highest BCUT2D eigenvalue weighted by Crippen LogP contribution is 2.24. The van der Waals surface area contributed by atoms with E-state index in [4.69, 9.17) is 23.2 Å². The van der Waals surface area contributed by atoms with E-state index < -0.39 is 6.04 Å². The maximum Gasteiger partial charge on any atom is 0.243 e. The van der Waals surface area contributed by atoms with Gasteiger partial charge in [0.1, 0.15) is 11.9 Å². The Morgan fingerprint density at radius 1 is 1.13 bits per heavy atom. The number of halogens is 3. The average molecular weight is 465 g/mol. The van der Waals surface area contributed by atoms with Gasteiger partial charge in [-0.3, -0.25) is 9.59 Å². The Labute approximate surface area is 192 Å². The molecule has 0 bridgehead atoms. The SMILES string of the molecule is CC[C@H](C(=O)NC1CCCC1)N(Cc1ccc(F)cc1)C(=O)Cc1ccc(Cl)cc1Cl. The normalized spacial score (nSPS) is 15.0. The zero-order chi connectivity index (χ0) is 22.4. The first-order valence-corrected chi connectivity index (χ1v) is 11.4. The van der Waals surface area contributed by atoms with Crippen molar-refractivity contribution in [1.29, 1.82) is 0 Å². The van der Waals surface area contributed by atoms with E-state index in [0.717, 1.165) is 31.2 Å². The molecule has 4 nitrogen and oxygen atoms in total. The zero-order valence-corrected chi connectivity index (χ0v) is 19.1. The summed E-state index contributed by atoms with van der Waals surface area (Å²) in [6, 6.07) is 10.5. The number of nitrogens with zero attached hydrogens (tertiary/aromatic N) is 1. The molecule has 1 N–H and O–H groups in total. The number of rotatable bonds is 8. The summed E-state index contributed by atoms with van der Waals surface area (Å²) < 4.78 is 13.4. The predicted molar refractivity (Wildman–Crippen MR) is 122 cm³/mol. The first-order chi connectivity index (χ1) is 14.9. The minimum absolute atomic E-state index is 0.0460. The summed E-state index contributed by atoms with van der Waals surface area (Å²) in [4.78, 5) is 28.0. The molecule has 0 unspecified atom stereocenters. The van der Waals surface area contributed by atoms with Gasteiger partial charge in [-0.25, -0.2) is 4.39 Å². The average Bonchev–Trinajstić information content (AvgIpc) is 3.24. The lowest BCUT2D eigenvalue weighted by molar-refractivity contribution is -0.141. The van der Waals surface area contributed by atoms with Crippen LogP contribution in [-0.4, -0.2) is 28.8 Å². The molecule has 1 aliphatic rings. The Kier molecular flexibility index (Phi) is 8.33. The van der Waals surface area contributed by atoms with Gasteiger partial charge in [0, 0.05) is 22.6 Å². The first kappa shape index (κ1) is 23.6. The van der Waals surface area contributed by atoms with Gasteiger partial charge in [-0.2, -0.15) is 0 Å². The summed E-state index contributed by atoms with van der Waals surface area (Å²) in [7, 11) is 0. The van der Waals surface area contributed by atoms with Crippen LogP contribution in [0.1, 0.15) is 50.2 Å². The third kappa shape index (κ3) is 6.44. The predicted octanol–water partition coefficient (Wildman–Crippen LogP) is 5.54. The quantitative estimate of drug-likeness (QED) is 0.557. The Bertz CT molecular complexity index is 914. The van der Waals surface area contributed by atoms with Crippen LogP contribution < -0.4 is 5.32 Å². The van der Waals surface area contributed by atoms with Crippen molar-refractivity contribution >= 4 is 35.0 Å². The van der Waals surface area contributed by atoms with Gasteiger partial charge < -0.3 is 10.2 Å². The van der Waals surface area contributed by atoms with E-state index >= 15 is 0 Å². The number of hydrogen-bond donors (Lipinski definition) is 1. The third-order valence-electron chi connectivity index (χ3n) is 5.71. The molecule has 0 aromatic heterocycles. The van der Waals surface area contributed by atoms with Crippen molar-refractivity contribution in [3.63, 3.8) is 0 Å². The summed E-state index contributed by atoms with van der Waals surface area (Å²) in [5.41, 5.74) is 1.40. The van der Waals surface area contributed by atoms with E-state index in [2.05, 4.69) is 5.32 Å². The molecule has 0 radical (unpaired) electrons. The lowest BCUT2D eigenvalue weighted by atomic mass is 10.1. The van der Waals surface area contributed by atoms with Crippen LogP contribution >= 0.6 is 23.2 Å². The van der Waals surface area contributed by atoms with Crippen LogP contribution in [0.3, 0.4) is 0 Å². The molecule has 166 valence electrons. The number of carbonyl (C=O) groups is 2. The van der Waals surface area contributed by atoms with E-state index in [-0.39, 0.29) is 36.6 Å². The standard InChI is InChI=1S/C24H27Cl2FN2O2/c1-2-22(24(31)28-20-5-3-4-6-20)29(15-16-7-11-19(27)12-8-16)23(30)13-17-9-10-18(25)14-21(17)26/h7-12,14,20,22H,2-6,13,15H2,1H3,(H,28,31)/t22-/m1/s1. The van der Waals surface area contributed by atoms with Crippen LogP contribution in [0.15, 0.2) is 42.5 Å². The van der Waals surface area contributed by atoms with Crippen molar-refractivity contribution in [3.05, 3.63) is 69.5 Å². The van der Waals surface area contributed by atoms with E-state index in [1.807, 2.05) is 6.92 Å². The van der Waals surface area contributed by atoms with E-state index in [1.165, 1.54) is 12.1 Å². The summed E-state index contributed by atoms with van der Waals surface area (Å²) in [5, 5.41) is 4.01. The molecule has 2 aromatic rings.